The molecule has 0 aliphatic carbocycles. The van der Waals surface area contributed by atoms with Crippen molar-refractivity contribution in [2.75, 3.05) is 20.8 Å². The Balaban J connectivity index is 4.16. The molecule has 0 fully saturated rings. The van der Waals surface area contributed by atoms with Crippen LogP contribution in [0.1, 0.15) is 20.8 Å². The lowest BCUT2D eigenvalue weighted by atomic mass is 10.0. The number of rotatable bonds is 6. The molecule has 0 aromatic carbocycles. The first-order valence-corrected chi connectivity index (χ1v) is 4.85. The summed E-state index contributed by atoms with van der Waals surface area (Å²) >= 11 is 0. The second-order valence-electron chi connectivity index (χ2n) is 3.77. The highest BCUT2D eigenvalue weighted by Crippen LogP contribution is 2.04. The zero-order valence-corrected chi connectivity index (χ0v) is 9.66. The zero-order valence-electron chi connectivity index (χ0n) is 9.66. The molecule has 0 amide bonds. The maximum Gasteiger partial charge on any atom is 0.323 e. The maximum absolute atomic E-state index is 11.4. The Hall–Kier alpha value is -0.610. The summed E-state index contributed by atoms with van der Waals surface area (Å²) in [6.07, 6.45) is 0. The molecule has 0 aromatic heterocycles. The molecular formula is C10H21NO3. The van der Waals surface area contributed by atoms with E-state index in [2.05, 4.69) is 5.32 Å². The van der Waals surface area contributed by atoms with Crippen LogP contribution >= 0.6 is 0 Å². The summed E-state index contributed by atoms with van der Waals surface area (Å²) in [5.74, 6) is -0.00953. The summed E-state index contributed by atoms with van der Waals surface area (Å²) in [5.41, 5.74) is 0. The van der Waals surface area contributed by atoms with Crippen LogP contribution in [0.25, 0.3) is 0 Å². The molecule has 0 aliphatic heterocycles. The van der Waals surface area contributed by atoms with E-state index in [4.69, 9.17) is 9.47 Å². The molecule has 84 valence electrons. The van der Waals surface area contributed by atoms with Crippen LogP contribution in [-0.4, -0.2) is 38.9 Å². The molecule has 14 heavy (non-hydrogen) atoms. The summed E-state index contributed by atoms with van der Waals surface area (Å²) in [5, 5.41) is 3.17. The smallest absolute Gasteiger partial charge is 0.323 e. The van der Waals surface area contributed by atoms with Crippen molar-refractivity contribution in [2.24, 2.45) is 5.92 Å². The molecule has 0 bridgehead atoms. The van der Waals surface area contributed by atoms with Gasteiger partial charge in [-0.25, -0.2) is 0 Å². The average Bonchev–Trinajstić information content (AvgIpc) is 2.13. The molecule has 0 aromatic rings. The van der Waals surface area contributed by atoms with Gasteiger partial charge < -0.3 is 9.47 Å². The van der Waals surface area contributed by atoms with Gasteiger partial charge in [0.2, 0.25) is 0 Å². The lowest BCUT2D eigenvalue weighted by Gasteiger charge is -2.23. The fraction of sp³-hybridized carbons (Fsp3) is 0.900. The van der Waals surface area contributed by atoms with Gasteiger partial charge in [-0.15, -0.1) is 0 Å². The third kappa shape index (κ3) is 4.58. The molecular weight excluding hydrogens is 182 g/mol. The van der Waals surface area contributed by atoms with Crippen molar-refractivity contribution in [1.82, 2.24) is 5.32 Å². The van der Waals surface area contributed by atoms with Gasteiger partial charge in [0, 0.05) is 13.2 Å². The monoisotopic (exact) mass is 203 g/mol. The number of carbonyl (C=O) groups excluding carboxylic acids is 1. The van der Waals surface area contributed by atoms with E-state index in [0.29, 0.717) is 6.61 Å². The quantitative estimate of drug-likeness (QED) is 0.649. The molecule has 0 rings (SSSR count). The minimum Gasteiger partial charge on any atom is -0.468 e. The van der Waals surface area contributed by atoms with Gasteiger partial charge in [0.05, 0.1) is 13.7 Å². The highest BCUT2D eigenvalue weighted by atomic mass is 16.5. The van der Waals surface area contributed by atoms with E-state index in [0.717, 1.165) is 0 Å². The highest BCUT2D eigenvalue weighted by Gasteiger charge is 2.24. The molecule has 0 saturated heterocycles. The third-order valence-corrected chi connectivity index (χ3v) is 2.00. The van der Waals surface area contributed by atoms with Crippen molar-refractivity contribution in [3.8, 4) is 0 Å². The van der Waals surface area contributed by atoms with Crippen LogP contribution in [0.5, 0.6) is 0 Å². The standard InChI is InChI=1S/C10H21NO3/c1-7(2)9(10(12)14-5)11-8(3)6-13-4/h7-9,11H,6H2,1-5H3. The predicted molar refractivity (Wildman–Crippen MR) is 55.1 cm³/mol. The second kappa shape index (κ2) is 6.79. The van der Waals surface area contributed by atoms with Crippen molar-refractivity contribution in [3.63, 3.8) is 0 Å². The number of carbonyl (C=O) groups is 1. The molecule has 4 heteroatoms. The van der Waals surface area contributed by atoms with Crippen molar-refractivity contribution in [1.29, 1.82) is 0 Å². The summed E-state index contributed by atoms with van der Waals surface area (Å²) in [7, 11) is 3.04. The van der Waals surface area contributed by atoms with E-state index in [1.54, 1.807) is 7.11 Å². The predicted octanol–water partition coefficient (Wildman–Crippen LogP) is 0.808. The van der Waals surface area contributed by atoms with Crippen molar-refractivity contribution in [2.45, 2.75) is 32.9 Å². The Bertz CT molecular complexity index is 171. The van der Waals surface area contributed by atoms with E-state index in [-0.39, 0.29) is 24.0 Å². The normalized spacial score (nSPS) is 15.3. The summed E-state index contributed by atoms with van der Waals surface area (Å²) in [6.45, 7) is 6.52. The number of nitrogens with one attached hydrogen (secondary N) is 1. The van der Waals surface area contributed by atoms with Crippen LogP contribution in [0, 0.1) is 5.92 Å². The SMILES string of the molecule is COCC(C)NC(C(=O)OC)C(C)C. The number of ether oxygens (including phenoxy) is 2. The lowest BCUT2D eigenvalue weighted by molar-refractivity contribution is -0.144. The van der Waals surface area contributed by atoms with Gasteiger partial charge in [-0.2, -0.15) is 0 Å². The summed E-state index contributed by atoms with van der Waals surface area (Å²) in [4.78, 5) is 11.4. The topological polar surface area (TPSA) is 47.6 Å². The van der Waals surface area contributed by atoms with E-state index >= 15 is 0 Å². The van der Waals surface area contributed by atoms with Gasteiger partial charge in [0.25, 0.3) is 0 Å². The Morgan fingerprint density at radius 3 is 2.21 bits per heavy atom. The van der Waals surface area contributed by atoms with Crippen LogP contribution in [0.4, 0.5) is 0 Å². The minimum absolute atomic E-state index is 0.145. The average molecular weight is 203 g/mol. The van der Waals surface area contributed by atoms with Gasteiger partial charge in [-0.05, 0) is 12.8 Å². The van der Waals surface area contributed by atoms with Gasteiger partial charge in [0.1, 0.15) is 6.04 Å². The van der Waals surface area contributed by atoms with Gasteiger partial charge in [-0.1, -0.05) is 13.8 Å². The maximum atomic E-state index is 11.4. The fourth-order valence-electron chi connectivity index (χ4n) is 1.26. The molecule has 0 radical (unpaired) electrons. The molecule has 4 nitrogen and oxygen atoms in total. The molecule has 0 saturated carbocycles. The van der Waals surface area contributed by atoms with Crippen molar-refractivity contribution >= 4 is 5.97 Å². The van der Waals surface area contributed by atoms with Gasteiger partial charge in [0.15, 0.2) is 0 Å². The molecule has 2 atom stereocenters. The first-order valence-electron chi connectivity index (χ1n) is 4.85. The van der Waals surface area contributed by atoms with E-state index in [9.17, 15) is 4.79 Å². The minimum atomic E-state index is -0.259. The first-order chi connectivity index (χ1) is 6.52. The van der Waals surface area contributed by atoms with Crippen LogP contribution in [0.2, 0.25) is 0 Å². The number of methoxy groups -OCH3 is 2. The highest BCUT2D eigenvalue weighted by molar-refractivity contribution is 5.75. The molecule has 1 N–H and O–H groups in total. The van der Waals surface area contributed by atoms with Crippen LogP contribution in [0.15, 0.2) is 0 Å². The van der Waals surface area contributed by atoms with Gasteiger partial charge >= 0.3 is 5.97 Å². The Kier molecular flexibility index (Phi) is 6.49. The summed E-state index contributed by atoms with van der Waals surface area (Å²) < 4.78 is 9.69. The third-order valence-electron chi connectivity index (χ3n) is 2.00. The van der Waals surface area contributed by atoms with Crippen LogP contribution in [-0.2, 0) is 14.3 Å². The Morgan fingerprint density at radius 2 is 1.86 bits per heavy atom. The van der Waals surface area contributed by atoms with Gasteiger partial charge in [-0.3, -0.25) is 10.1 Å². The van der Waals surface area contributed by atoms with E-state index in [1.807, 2.05) is 20.8 Å². The van der Waals surface area contributed by atoms with Crippen LogP contribution < -0.4 is 5.32 Å². The van der Waals surface area contributed by atoms with Crippen molar-refractivity contribution in [3.05, 3.63) is 0 Å². The number of hydrogen-bond acceptors (Lipinski definition) is 4. The van der Waals surface area contributed by atoms with E-state index in [1.165, 1.54) is 7.11 Å². The molecule has 0 spiro atoms. The van der Waals surface area contributed by atoms with Crippen molar-refractivity contribution < 1.29 is 14.3 Å². The molecule has 0 heterocycles. The largest absolute Gasteiger partial charge is 0.468 e. The number of hydrogen-bond donors (Lipinski definition) is 1. The zero-order chi connectivity index (χ0) is 11.1. The fourth-order valence-corrected chi connectivity index (χ4v) is 1.26. The number of esters is 1. The molecule has 0 aliphatic rings. The molecule has 2 unspecified atom stereocenters. The lowest BCUT2D eigenvalue weighted by Crippen LogP contribution is -2.47. The van der Waals surface area contributed by atoms with E-state index < -0.39 is 0 Å². The Morgan fingerprint density at radius 1 is 1.29 bits per heavy atom. The first kappa shape index (κ1) is 13.4. The second-order valence-corrected chi connectivity index (χ2v) is 3.77. The summed E-state index contributed by atoms with van der Waals surface area (Å²) in [6, 6.07) is -0.114. The van der Waals surface area contributed by atoms with Crippen LogP contribution in [0.3, 0.4) is 0 Å². The Labute approximate surface area is 86.0 Å².